The van der Waals surface area contributed by atoms with Gasteiger partial charge in [-0.05, 0) is 48.0 Å². The first kappa shape index (κ1) is 24.3. The molecule has 174 valence electrons. The van der Waals surface area contributed by atoms with Gasteiger partial charge in [0.15, 0.2) is 9.84 Å². The Bertz CT molecular complexity index is 1320. The summed E-state index contributed by atoms with van der Waals surface area (Å²) in [5, 5.41) is 12.4. The number of rotatable bonds is 8. The van der Waals surface area contributed by atoms with Gasteiger partial charge in [0.2, 0.25) is 5.91 Å². The number of primary amides is 1. The molecule has 0 bridgehead atoms. The maximum absolute atomic E-state index is 13.3. The van der Waals surface area contributed by atoms with Crippen LogP contribution in [0.15, 0.2) is 48.5 Å². The van der Waals surface area contributed by atoms with Gasteiger partial charge < -0.3 is 21.9 Å². The van der Waals surface area contributed by atoms with Crippen molar-refractivity contribution >= 4 is 44.5 Å². The second-order valence-electron chi connectivity index (χ2n) is 7.46. The third kappa shape index (κ3) is 5.71. The highest BCUT2D eigenvalue weighted by Gasteiger charge is 2.28. The fraction of sp³-hybridized carbons (Fsp3) is 0.182. The Balaban J connectivity index is 1.92. The molecule has 11 heteroatoms. The molecule has 1 aromatic heterocycles. The number of aromatic hydroxyl groups is 1. The summed E-state index contributed by atoms with van der Waals surface area (Å²) < 4.78 is 37.0. The number of carbonyl (C=O) groups excluding carboxylic acids is 1. The maximum atomic E-state index is 13.3. The minimum absolute atomic E-state index is 0.00224. The van der Waals surface area contributed by atoms with Gasteiger partial charge in [0.05, 0.1) is 5.69 Å². The van der Waals surface area contributed by atoms with Crippen molar-refractivity contribution in [2.75, 3.05) is 17.3 Å². The average Bonchev–Trinajstić information content (AvgIpc) is 2.74. The fourth-order valence-electron chi connectivity index (χ4n) is 3.26. The number of benzene rings is 2. The molecular formula is C22H22ClFN4O4S. The third-order valence-electron chi connectivity index (χ3n) is 5.01. The number of halogens is 2. The van der Waals surface area contributed by atoms with Gasteiger partial charge in [-0.25, -0.2) is 17.8 Å². The molecule has 1 atom stereocenters. The van der Waals surface area contributed by atoms with E-state index in [1.165, 1.54) is 18.2 Å². The van der Waals surface area contributed by atoms with Crippen molar-refractivity contribution < 1.29 is 22.7 Å². The molecule has 8 nitrogen and oxygen atoms in total. The molecule has 0 spiro atoms. The summed E-state index contributed by atoms with van der Waals surface area (Å²) in [6.45, 7) is -0.715. The zero-order valence-electron chi connectivity index (χ0n) is 17.5. The van der Waals surface area contributed by atoms with Crippen molar-refractivity contribution in [3.63, 3.8) is 0 Å². The second kappa shape index (κ2) is 9.63. The van der Waals surface area contributed by atoms with Crippen LogP contribution in [0.2, 0.25) is 5.02 Å². The number of nitrogens with zero attached hydrogens (tertiary/aromatic N) is 1. The average molecular weight is 493 g/mol. The van der Waals surface area contributed by atoms with E-state index in [1.54, 1.807) is 30.3 Å². The quantitative estimate of drug-likeness (QED) is 0.352. The molecule has 0 aliphatic carbocycles. The molecule has 3 rings (SSSR count). The van der Waals surface area contributed by atoms with Crippen LogP contribution in [0, 0.1) is 0 Å². The van der Waals surface area contributed by atoms with Gasteiger partial charge in [0, 0.05) is 40.2 Å². The number of amides is 1. The predicted molar refractivity (Wildman–Crippen MR) is 127 cm³/mol. The fourth-order valence-corrected chi connectivity index (χ4v) is 4.36. The highest BCUT2D eigenvalue weighted by molar-refractivity contribution is 7.92. The number of alkyl halides is 1. The van der Waals surface area contributed by atoms with Crippen molar-refractivity contribution in [1.29, 1.82) is 0 Å². The van der Waals surface area contributed by atoms with E-state index in [-0.39, 0.29) is 18.0 Å². The molecule has 0 aliphatic heterocycles. The number of nitrogens with two attached hydrogens (primary N) is 2. The van der Waals surface area contributed by atoms with Crippen LogP contribution in [-0.4, -0.2) is 35.9 Å². The van der Waals surface area contributed by atoms with E-state index in [4.69, 9.17) is 23.1 Å². The summed E-state index contributed by atoms with van der Waals surface area (Å²) in [5.41, 5.74) is 13.6. The Morgan fingerprint density at radius 1 is 1.18 bits per heavy atom. The highest BCUT2D eigenvalue weighted by Crippen LogP contribution is 2.34. The molecule has 33 heavy (non-hydrogen) atoms. The van der Waals surface area contributed by atoms with E-state index in [2.05, 4.69) is 10.3 Å². The van der Waals surface area contributed by atoms with Crippen molar-refractivity contribution in [3.05, 3.63) is 64.7 Å². The zero-order valence-corrected chi connectivity index (χ0v) is 19.1. The minimum Gasteiger partial charge on any atom is -0.507 e. The number of nitrogens with one attached hydrogen (secondary N) is 1. The molecule has 2 aromatic carbocycles. The van der Waals surface area contributed by atoms with E-state index < -0.39 is 27.7 Å². The first-order valence-electron chi connectivity index (χ1n) is 9.68. The van der Waals surface area contributed by atoms with Gasteiger partial charge in [-0.15, -0.1) is 0 Å². The Morgan fingerprint density at radius 3 is 2.52 bits per heavy atom. The molecular weight excluding hydrogens is 471 g/mol. The lowest BCUT2D eigenvalue weighted by Gasteiger charge is -2.15. The number of pyridine rings is 1. The normalized spacial score (nSPS) is 12.3. The van der Waals surface area contributed by atoms with Gasteiger partial charge in [-0.1, -0.05) is 17.7 Å². The molecule has 1 unspecified atom stereocenters. The van der Waals surface area contributed by atoms with Gasteiger partial charge in [0.25, 0.3) is 0 Å². The summed E-state index contributed by atoms with van der Waals surface area (Å²) >= 11 is 5.92. The van der Waals surface area contributed by atoms with Crippen LogP contribution in [0.1, 0.15) is 11.1 Å². The Morgan fingerprint density at radius 2 is 1.91 bits per heavy atom. The summed E-state index contributed by atoms with van der Waals surface area (Å²) in [7, 11) is -3.73. The second-order valence-corrected chi connectivity index (χ2v) is 10.1. The lowest BCUT2D eigenvalue weighted by atomic mass is 10.1. The number of aromatic nitrogens is 1. The molecule has 0 aliphatic rings. The number of sulfone groups is 1. The van der Waals surface area contributed by atoms with E-state index in [9.17, 15) is 22.7 Å². The standard InChI is InChI=1S/C22H22ClFN4O4S/c1-33(31,32)20(22(26)30)9-12-2-5-18(28-21(12)25)16-10-15(4-7-19(16)29)27-17-6-3-14(23)8-13(17)11-24/h2-8,10,20,27,29H,9,11H2,1H3,(H2,25,28)(H2,26,30). The number of nitrogen functional groups attached to an aromatic ring is 1. The largest absolute Gasteiger partial charge is 0.507 e. The SMILES string of the molecule is CS(=O)(=O)C(Cc1ccc(-c2cc(Nc3ccc(Cl)cc3CF)ccc2O)nc1N)C(N)=O. The van der Waals surface area contributed by atoms with E-state index in [1.807, 2.05) is 0 Å². The van der Waals surface area contributed by atoms with Crippen molar-refractivity contribution in [2.24, 2.45) is 5.73 Å². The molecule has 0 saturated carbocycles. The summed E-state index contributed by atoms with van der Waals surface area (Å²) in [6, 6.07) is 12.5. The van der Waals surface area contributed by atoms with E-state index in [0.717, 1.165) is 6.26 Å². The smallest absolute Gasteiger partial charge is 0.236 e. The summed E-state index contributed by atoms with van der Waals surface area (Å²) in [6.07, 6.45) is 0.704. The summed E-state index contributed by atoms with van der Waals surface area (Å²) in [5.74, 6) is -1.06. The summed E-state index contributed by atoms with van der Waals surface area (Å²) in [4.78, 5) is 15.8. The van der Waals surface area contributed by atoms with Crippen LogP contribution < -0.4 is 16.8 Å². The van der Waals surface area contributed by atoms with Gasteiger partial charge >= 0.3 is 0 Å². The predicted octanol–water partition coefficient (Wildman–Crippen LogP) is 3.34. The van der Waals surface area contributed by atoms with E-state index in [0.29, 0.717) is 38.8 Å². The number of anilines is 3. The number of carbonyl (C=O) groups is 1. The number of phenolic OH excluding ortho intramolecular Hbond substituents is 1. The monoisotopic (exact) mass is 492 g/mol. The number of hydrogen-bond donors (Lipinski definition) is 4. The molecule has 6 N–H and O–H groups in total. The molecule has 1 heterocycles. The van der Waals surface area contributed by atoms with Gasteiger partial charge in [-0.3, -0.25) is 4.79 Å². The first-order valence-corrected chi connectivity index (χ1v) is 12.0. The molecule has 0 fully saturated rings. The van der Waals surface area contributed by atoms with Crippen LogP contribution in [0.25, 0.3) is 11.3 Å². The minimum atomic E-state index is -3.73. The van der Waals surface area contributed by atoms with Gasteiger partial charge in [-0.2, -0.15) is 0 Å². The third-order valence-corrected chi connectivity index (χ3v) is 6.68. The van der Waals surface area contributed by atoms with Crippen LogP contribution in [0.5, 0.6) is 5.75 Å². The van der Waals surface area contributed by atoms with Crippen LogP contribution >= 0.6 is 11.6 Å². The Kier molecular flexibility index (Phi) is 7.09. The van der Waals surface area contributed by atoms with Crippen LogP contribution in [0.4, 0.5) is 21.6 Å². The van der Waals surface area contributed by atoms with Crippen molar-refractivity contribution in [2.45, 2.75) is 18.3 Å². The lowest BCUT2D eigenvalue weighted by Crippen LogP contribution is -2.37. The van der Waals surface area contributed by atoms with Crippen molar-refractivity contribution in [3.8, 4) is 17.0 Å². The zero-order chi connectivity index (χ0) is 24.3. The van der Waals surface area contributed by atoms with Crippen molar-refractivity contribution in [1.82, 2.24) is 4.98 Å². The van der Waals surface area contributed by atoms with Crippen LogP contribution in [0.3, 0.4) is 0 Å². The topological polar surface area (TPSA) is 148 Å². The van der Waals surface area contributed by atoms with Crippen LogP contribution in [-0.2, 0) is 27.7 Å². The lowest BCUT2D eigenvalue weighted by molar-refractivity contribution is -0.117. The molecule has 0 radical (unpaired) electrons. The number of hydrogen-bond acceptors (Lipinski definition) is 7. The Labute approximate surface area is 195 Å². The van der Waals surface area contributed by atoms with Gasteiger partial charge in [0.1, 0.15) is 23.5 Å². The first-order chi connectivity index (χ1) is 15.5. The van der Waals surface area contributed by atoms with E-state index >= 15 is 0 Å². The molecule has 1 amide bonds. The molecule has 0 saturated heterocycles. The maximum Gasteiger partial charge on any atom is 0.236 e. The highest BCUT2D eigenvalue weighted by atomic mass is 35.5. The number of phenols is 1. The molecule has 3 aromatic rings. The Hall–Kier alpha value is -3.37.